The van der Waals surface area contributed by atoms with Gasteiger partial charge in [0.25, 0.3) is 0 Å². The Morgan fingerprint density at radius 2 is 1.95 bits per heavy atom. The van der Waals surface area contributed by atoms with Crippen molar-refractivity contribution in [2.45, 2.75) is 77.0 Å². The van der Waals surface area contributed by atoms with Crippen LogP contribution >= 0.6 is 22.6 Å². The lowest BCUT2D eigenvalue weighted by Gasteiger charge is -2.42. The van der Waals surface area contributed by atoms with Gasteiger partial charge in [-0.15, -0.1) is 0 Å². The Labute approximate surface area is 244 Å². The highest BCUT2D eigenvalue weighted by Gasteiger charge is 2.41. The third-order valence-electron chi connectivity index (χ3n) is 7.34. The van der Waals surface area contributed by atoms with Crippen molar-refractivity contribution in [3.05, 3.63) is 32.9 Å². The SMILES string of the molecule is COc1cc(C=O)cc(I)c1O[C@H]1C=C(C(=O)NCCO)C[C@@H](N(CC2CCCCC2)C(=O)CC(C)C)[C@@H]1O. The molecule has 1 aromatic carbocycles. The lowest BCUT2D eigenvalue weighted by atomic mass is 9.85. The fourth-order valence-corrected chi connectivity index (χ4v) is 6.13. The molecule has 1 fully saturated rings. The Hall–Kier alpha value is -2.18. The van der Waals surface area contributed by atoms with Gasteiger partial charge in [0, 0.05) is 37.1 Å². The summed E-state index contributed by atoms with van der Waals surface area (Å²) >= 11 is 2.04. The van der Waals surface area contributed by atoms with Crippen LogP contribution in [0.1, 0.15) is 69.2 Å². The summed E-state index contributed by atoms with van der Waals surface area (Å²) in [6.07, 6.45) is 6.27. The van der Waals surface area contributed by atoms with Crippen molar-refractivity contribution in [2.75, 3.05) is 26.8 Å². The molecule has 3 rings (SSSR count). The van der Waals surface area contributed by atoms with Crippen molar-refractivity contribution < 1.29 is 34.1 Å². The minimum absolute atomic E-state index is 0.0436. The summed E-state index contributed by atoms with van der Waals surface area (Å²) in [5.74, 6) is 0.736. The lowest BCUT2D eigenvalue weighted by Crippen LogP contribution is -2.56. The van der Waals surface area contributed by atoms with Gasteiger partial charge >= 0.3 is 0 Å². The van der Waals surface area contributed by atoms with Crippen LogP contribution in [0.15, 0.2) is 23.8 Å². The number of hydrogen-bond acceptors (Lipinski definition) is 7. The van der Waals surface area contributed by atoms with Crippen LogP contribution in [0.5, 0.6) is 11.5 Å². The molecule has 2 aliphatic carbocycles. The van der Waals surface area contributed by atoms with Crippen LogP contribution in [-0.2, 0) is 9.59 Å². The quantitative estimate of drug-likeness (QED) is 0.233. The molecule has 10 heteroatoms. The summed E-state index contributed by atoms with van der Waals surface area (Å²) in [5.41, 5.74) is 0.802. The van der Waals surface area contributed by atoms with Crippen molar-refractivity contribution in [1.29, 1.82) is 0 Å². The van der Waals surface area contributed by atoms with Crippen LogP contribution in [0.25, 0.3) is 0 Å². The van der Waals surface area contributed by atoms with Gasteiger partial charge in [-0.05, 0) is 65.5 Å². The van der Waals surface area contributed by atoms with E-state index in [0.717, 1.165) is 25.7 Å². The van der Waals surface area contributed by atoms with Crippen molar-refractivity contribution >= 4 is 40.7 Å². The van der Waals surface area contributed by atoms with E-state index >= 15 is 0 Å². The smallest absolute Gasteiger partial charge is 0.247 e. The average molecular weight is 657 g/mol. The minimum atomic E-state index is -1.11. The number of aliphatic hydroxyl groups excluding tert-OH is 2. The molecule has 39 heavy (non-hydrogen) atoms. The Balaban J connectivity index is 1.99. The van der Waals surface area contributed by atoms with Crippen molar-refractivity contribution in [3.8, 4) is 11.5 Å². The zero-order valence-corrected chi connectivity index (χ0v) is 25.2. The van der Waals surface area contributed by atoms with E-state index in [2.05, 4.69) is 5.32 Å². The zero-order valence-electron chi connectivity index (χ0n) is 23.0. The number of carbonyl (C=O) groups is 3. The lowest BCUT2D eigenvalue weighted by molar-refractivity contribution is -0.140. The predicted octanol–water partition coefficient (Wildman–Crippen LogP) is 3.48. The van der Waals surface area contributed by atoms with Crippen LogP contribution in [0, 0.1) is 15.4 Å². The number of nitrogens with one attached hydrogen (secondary N) is 1. The number of ether oxygens (including phenoxy) is 2. The van der Waals surface area contributed by atoms with E-state index in [-0.39, 0.29) is 37.3 Å². The third-order valence-corrected chi connectivity index (χ3v) is 8.14. The summed E-state index contributed by atoms with van der Waals surface area (Å²) in [4.78, 5) is 39.8. The number of aliphatic hydroxyl groups is 2. The normalized spacial score (nSPS) is 21.7. The van der Waals surface area contributed by atoms with Crippen LogP contribution < -0.4 is 14.8 Å². The first kappa shape index (κ1) is 31.3. The Morgan fingerprint density at radius 1 is 1.23 bits per heavy atom. The van der Waals surface area contributed by atoms with Gasteiger partial charge in [0.1, 0.15) is 18.5 Å². The van der Waals surface area contributed by atoms with Gasteiger partial charge in [0.05, 0.1) is 23.3 Å². The van der Waals surface area contributed by atoms with Crippen molar-refractivity contribution in [1.82, 2.24) is 10.2 Å². The molecule has 216 valence electrons. The summed E-state index contributed by atoms with van der Waals surface area (Å²) in [5, 5.41) is 23.6. The van der Waals surface area contributed by atoms with Crippen molar-refractivity contribution in [2.24, 2.45) is 11.8 Å². The first-order valence-corrected chi connectivity index (χ1v) is 14.8. The molecular formula is C29H41IN2O7. The highest BCUT2D eigenvalue weighted by atomic mass is 127. The molecule has 0 unspecified atom stereocenters. The van der Waals surface area contributed by atoms with Crippen molar-refractivity contribution in [3.63, 3.8) is 0 Å². The first-order valence-electron chi connectivity index (χ1n) is 13.7. The van der Waals surface area contributed by atoms with Crippen LogP contribution in [-0.4, -0.2) is 78.3 Å². The average Bonchev–Trinajstić information content (AvgIpc) is 2.92. The van der Waals surface area contributed by atoms with Gasteiger partial charge in [-0.25, -0.2) is 0 Å². The number of carbonyl (C=O) groups excluding carboxylic acids is 3. The molecule has 0 aliphatic heterocycles. The molecule has 0 radical (unpaired) electrons. The highest BCUT2D eigenvalue weighted by molar-refractivity contribution is 14.1. The Morgan fingerprint density at radius 3 is 2.56 bits per heavy atom. The van der Waals surface area contributed by atoms with Gasteiger partial charge in [-0.2, -0.15) is 0 Å². The summed E-state index contributed by atoms with van der Waals surface area (Å²) < 4.78 is 12.4. The van der Waals surface area contributed by atoms with Crippen LogP contribution in [0.4, 0.5) is 0 Å². The van der Waals surface area contributed by atoms with E-state index in [4.69, 9.17) is 9.47 Å². The number of nitrogens with zero attached hydrogens (tertiary/aromatic N) is 1. The molecule has 2 amide bonds. The van der Waals surface area contributed by atoms with Gasteiger partial charge in [0.2, 0.25) is 11.8 Å². The van der Waals surface area contributed by atoms with E-state index < -0.39 is 18.2 Å². The van der Waals surface area contributed by atoms with Gasteiger partial charge < -0.3 is 29.9 Å². The molecule has 1 aromatic rings. The number of hydrogen-bond donors (Lipinski definition) is 3. The number of benzene rings is 1. The Kier molecular flexibility index (Phi) is 12.1. The Bertz CT molecular complexity index is 1040. The van der Waals surface area contributed by atoms with Crippen LogP contribution in [0.2, 0.25) is 0 Å². The highest BCUT2D eigenvalue weighted by Crippen LogP contribution is 2.37. The van der Waals surface area contributed by atoms with Crippen LogP contribution in [0.3, 0.4) is 0 Å². The fraction of sp³-hybridized carbons (Fsp3) is 0.621. The second-order valence-corrected chi connectivity index (χ2v) is 12.0. The third kappa shape index (κ3) is 8.40. The number of aldehydes is 1. The van der Waals surface area contributed by atoms with Gasteiger partial charge in [-0.1, -0.05) is 33.1 Å². The van der Waals surface area contributed by atoms with E-state index in [1.807, 2.05) is 36.4 Å². The number of halogens is 1. The van der Waals surface area contributed by atoms with E-state index in [0.29, 0.717) is 51.4 Å². The second-order valence-electron chi connectivity index (χ2n) is 10.8. The molecule has 3 N–H and O–H groups in total. The van der Waals surface area contributed by atoms with Gasteiger partial charge in [-0.3, -0.25) is 14.4 Å². The standard InChI is InChI=1S/C29H41IN2O7/c1-18(2)11-26(35)32(16-19-7-5-4-6-8-19)23-14-21(29(37)31-9-10-33)15-24(27(23)36)39-28-22(30)12-20(17-34)13-25(28)38-3/h12-13,15,17-19,23-24,27,33,36H,4-11,14,16H2,1-3H3,(H,31,37)/t23-,24+,27+/m1/s1. The molecule has 2 aliphatic rings. The maximum absolute atomic E-state index is 13.6. The monoisotopic (exact) mass is 656 g/mol. The largest absolute Gasteiger partial charge is 0.493 e. The second kappa shape index (κ2) is 15.0. The first-order chi connectivity index (χ1) is 18.7. The van der Waals surface area contributed by atoms with Gasteiger partial charge in [0.15, 0.2) is 11.5 Å². The zero-order chi connectivity index (χ0) is 28.5. The molecule has 3 atom stereocenters. The summed E-state index contributed by atoms with van der Waals surface area (Å²) in [6, 6.07) is 2.54. The van der Waals surface area contributed by atoms with E-state index in [9.17, 15) is 24.6 Å². The fourth-order valence-electron chi connectivity index (χ4n) is 5.37. The minimum Gasteiger partial charge on any atom is -0.493 e. The molecule has 9 nitrogen and oxygen atoms in total. The molecule has 0 bridgehead atoms. The molecular weight excluding hydrogens is 615 g/mol. The predicted molar refractivity (Wildman–Crippen MR) is 156 cm³/mol. The molecule has 0 saturated heterocycles. The molecule has 0 spiro atoms. The molecule has 1 saturated carbocycles. The summed E-state index contributed by atoms with van der Waals surface area (Å²) in [7, 11) is 1.47. The maximum Gasteiger partial charge on any atom is 0.247 e. The number of methoxy groups -OCH3 is 1. The molecule has 0 heterocycles. The molecule has 0 aromatic heterocycles. The van der Waals surface area contributed by atoms with E-state index in [1.165, 1.54) is 13.5 Å². The number of amides is 2. The maximum atomic E-state index is 13.6. The topological polar surface area (TPSA) is 125 Å². The number of rotatable bonds is 12. The summed E-state index contributed by atoms with van der Waals surface area (Å²) in [6.45, 7) is 4.39. The van der Waals surface area contributed by atoms with E-state index in [1.54, 1.807) is 23.1 Å².